The molecule has 1 fully saturated rings. The summed E-state index contributed by atoms with van der Waals surface area (Å²) in [6.07, 6.45) is 0.456. The maximum absolute atomic E-state index is 13.1. The fraction of sp³-hybridized carbons (Fsp3) is 0.421. The SMILES string of the molecule is CCCC[C@H]1O[C@@H]2CC(=O)O[C@@H]2C2=C1C(=O)c1c(O)cccc1C2=O. The average Bonchev–Trinajstić information content (AvgIpc) is 2.96. The molecule has 6 nitrogen and oxygen atoms in total. The van der Waals surface area contributed by atoms with Crippen molar-refractivity contribution in [3.63, 3.8) is 0 Å². The summed E-state index contributed by atoms with van der Waals surface area (Å²) in [7, 11) is 0. The molecule has 1 aromatic rings. The highest BCUT2D eigenvalue weighted by atomic mass is 16.6. The van der Waals surface area contributed by atoms with Crippen LogP contribution in [0.25, 0.3) is 0 Å². The van der Waals surface area contributed by atoms with Crippen LogP contribution in [0.15, 0.2) is 29.3 Å². The zero-order chi connectivity index (χ0) is 17.7. The molecule has 25 heavy (non-hydrogen) atoms. The number of hydrogen-bond acceptors (Lipinski definition) is 6. The minimum Gasteiger partial charge on any atom is -0.507 e. The van der Waals surface area contributed by atoms with Crippen LogP contribution in [0.1, 0.15) is 53.3 Å². The number of aromatic hydroxyl groups is 1. The summed E-state index contributed by atoms with van der Waals surface area (Å²) in [4.78, 5) is 37.9. The van der Waals surface area contributed by atoms with Gasteiger partial charge in [0.15, 0.2) is 17.7 Å². The van der Waals surface area contributed by atoms with Gasteiger partial charge in [0.25, 0.3) is 0 Å². The zero-order valence-corrected chi connectivity index (χ0v) is 13.8. The summed E-state index contributed by atoms with van der Waals surface area (Å²) in [5.74, 6) is -1.43. The number of carbonyl (C=O) groups is 3. The molecule has 1 aromatic carbocycles. The van der Waals surface area contributed by atoms with E-state index in [1.165, 1.54) is 18.2 Å². The largest absolute Gasteiger partial charge is 0.507 e. The predicted molar refractivity (Wildman–Crippen MR) is 86.5 cm³/mol. The molecular formula is C19H18O6. The molecule has 0 unspecified atom stereocenters. The highest BCUT2D eigenvalue weighted by Gasteiger charge is 2.51. The van der Waals surface area contributed by atoms with E-state index in [2.05, 4.69) is 0 Å². The highest BCUT2D eigenvalue weighted by Crippen LogP contribution is 2.43. The number of ether oxygens (including phenoxy) is 2. The fourth-order valence-electron chi connectivity index (χ4n) is 3.88. The van der Waals surface area contributed by atoms with Gasteiger partial charge in [-0.15, -0.1) is 0 Å². The van der Waals surface area contributed by atoms with E-state index in [-0.39, 0.29) is 40.2 Å². The number of esters is 1. The summed E-state index contributed by atoms with van der Waals surface area (Å²) < 4.78 is 11.3. The van der Waals surface area contributed by atoms with Crippen molar-refractivity contribution in [1.82, 2.24) is 0 Å². The van der Waals surface area contributed by atoms with Gasteiger partial charge >= 0.3 is 5.97 Å². The second kappa shape index (κ2) is 5.81. The molecule has 1 N–H and O–H groups in total. The first-order chi connectivity index (χ1) is 12.0. The van der Waals surface area contributed by atoms with Gasteiger partial charge in [-0.1, -0.05) is 31.9 Å². The van der Waals surface area contributed by atoms with E-state index in [4.69, 9.17) is 9.47 Å². The Hall–Kier alpha value is -2.47. The summed E-state index contributed by atoms with van der Waals surface area (Å²) in [5.41, 5.74) is 0.635. The molecule has 0 radical (unpaired) electrons. The van der Waals surface area contributed by atoms with Gasteiger partial charge in [0.2, 0.25) is 0 Å². The summed E-state index contributed by atoms with van der Waals surface area (Å²) in [5, 5.41) is 10.1. The van der Waals surface area contributed by atoms with Crippen molar-refractivity contribution in [2.24, 2.45) is 0 Å². The molecule has 4 rings (SSSR count). The first kappa shape index (κ1) is 16.0. The Labute approximate surface area is 144 Å². The Morgan fingerprint density at radius 3 is 2.72 bits per heavy atom. The van der Waals surface area contributed by atoms with Crippen LogP contribution in [-0.2, 0) is 14.3 Å². The molecule has 2 aliphatic heterocycles. The van der Waals surface area contributed by atoms with Gasteiger partial charge < -0.3 is 14.6 Å². The van der Waals surface area contributed by atoms with Crippen LogP contribution in [0.5, 0.6) is 5.75 Å². The number of ketones is 2. The molecule has 3 aliphatic rings. The van der Waals surface area contributed by atoms with Crippen molar-refractivity contribution >= 4 is 17.5 Å². The molecular weight excluding hydrogens is 324 g/mol. The molecule has 2 heterocycles. The molecule has 0 bridgehead atoms. The first-order valence-corrected chi connectivity index (χ1v) is 8.53. The van der Waals surface area contributed by atoms with E-state index in [1.807, 2.05) is 6.92 Å². The third-order valence-electron chi connectivity index (χ3n) is 5.02. The van der Waals surface area contributed by atoms with E-state index in [1.54, 1.807) is 0 Å². The van der Waals surface area contributed by atoms with Gasteiger partial charge in [0.05, 0.1) is 23.7 Å². The number of fused-ring (bicyclic) bond motifs is 3. The number of phenols is 1. The van der Waals surface area contributed by atoms with Gasteiger partial charge in [0.1, 0.15) is 11.9 Å². The van der Waals surface area contributed by atoms with Crippen molar-refractivity contribution in [3.05, 3.63) is 40.5 Å². The Morgan fingerprint density at radius 1 is 1.16 bits per heavy atom. The zero-order valence-electron chi connectivity index (χ0n) is 13.8. The summed E-state index contributed by atoms with van der Waals surface area (Å²) in [6.45, 7) is 2.03. The fourth-order valence-corrected chi connectivity index (χ4v) is 3.88. The van der Waals surface area contributed by atoms with E-state index < -0.39 is 30.1 Å². The van der Waals surface area contributed by atoms with E-state index >= 15 is 0 Å². The number of benzene rings is 1. The van der Waals surface area contributed by atoms with Gasteiger partial charge in [-0.25, -0.2) is 0 Å². The Bertz CT molecular complexity index is 821. The quantitative estimate of drug-likeness (QED) is 0.848. The lowest BCUT2D eigenvalue weighted by Gasteiger charge is -2.36. The Kier molecular flexibility index (Phi) is 3.72. The standard InChI is InChI=1S/C19H18O6/c1-2-3-7-11-15-16(19-12(24-11)8-13(21)25-19)17(22)9-5-4-6-10(20)14(9)18(15)23/h4-6,11-12,19-20H,2-3,7-8H2,1H3/t11-,12-,19+/m1/s1. The maximum Gasteiger partial charge on any atom is 0.309 e. The lowest BCUT2D eigenvalue weighted by Crippen LogP contribution is -2.45. The van der Waals surface area contributed by atoms with Crippen molar-refractivity contribution < 1.29 is 29.0 Å². The number of Topliss-reactive ketones (excluding diaryl/α,β-unsaturated/α-hetero) is 2. The number of unbranched alkanes of at least 4 members (excludes halogenated alkanes) is 1. The highest BCUT2D eigenvalue weighted by molar-refractivity contribution is 6.29. The second-order valence-corrected chi connectivity index (χ2v) is 6.61. The van der Waals surface area contributed by atoms with Gasteiger partial charge in [-0.05, 0) is 12.5 Å². The maximum atomic E-state index is 13.1. The molecule has 0 amide bonds. The van der Waals surface area contributed by atoms with E-state index in [0.29, 0.717) is 6.42 Å². The Morgan fingerprint density at radius 2 is 1.96 bits per heavy atom. The second-order valence-electron chi connectivity index (χ2n) is 6.61. The van der Waals surface area contributed by atoms with Crippen molar-refractivity contribution in [1.29, 1.82) is 0 Å². The average molecular weight is 342 g/mol. The number of hydrogen-bond donors (Lipinski definition) is 1. The minimum atomic E-state index is -0.840. The van der Waals surface area contributed by atoms with Crippen LogP contribution in [0.3, 0.4) is 0 Å². The number of rotatable bonds is 3. The van der Waals surface area contributed by atoms with Gasteiger partial charge in [0, 0.05) is 11.1 Å². The van der Waals surface area contributed by atoms with Gasteiger partial charge in [-0.2, -0.15) is 0 Å². The summed E-state index contributed by atoms with van der Waals surface area (Å²) >= 11 is 0. The molecule has 6 heteroatoms. The van der Waals surface area contributed by atoms with Crippen LogP contribution >= 0.6 is 0 Å². The van der Waals surface area contributed by atoms with Crippen molar-refractivity contribution in [3.8, 4) is 5.75 Å². The van der Waals surface area contributed by atoms with E-state index in [9.17, 15) is 19.5 Å². The Balaban J connectivity index is 1.88. The van der Waals surface area contributed by atoms with Crippen LogP contribution in [0.2, 0.25) is 0 Å². The van der Waals surface area contributed by atoms with Crippen molar-refractivity contribution in [2.75, 3.05) is 0 Å². The third-order valence-corrected chi connectivity index (χ3v) is 5.02. The molecule has 0 saturated carbocycles. The topological polar surface area (TPSA) is 89.9 Å². The van der Waals surface area contributed by atoms with Crippen LogP contribution in [0, 0.1) is 0 Å². The number of carbonyl (C=O) groups excluding carboxylic acids is 3. The molecule has 0 spiro atoms. The molecule has 3 atom stereocenters. The smallest absolute Gasteiger partial charge is 0.309 e. The first-order valence-electron chi connectivity index (χ1n) is 8.53. The lowest BCUT2D eigenvalue weighted by molar-refractivity contribution is -0.140. The van der Waals surface area contributed by atoms with Crippen LogP contribution in [-0.4, -0.2) is 41.0 Å². The molecule has 1 saturated heterocycles. The molecule has 130 valence electrons. The monoisotopic (exact) mass is 342 g/mol. The van der Waals surface area contributed by atoms with E-state index in [0.717, 1.165) is 12.8 Å². The lowest BCUT2D eigenvalue weighted by atomic mass is 9.76. The van der Waals surface area contributed by atoms with Gasteiger partial charge in [-0.3, -0.25) is 14.4 Å². The molecule has 1 aliphatic carbocycles. The van der Waals surface area contributed by atoms with Crippen LogP contribution in [0.4, 0.5) is 0 Å². The normalized spacial score (nSPS) is 27.7. The predicted octanol–water partition coefficient (Wildman–Crippen LogP) is 2.34. The molecule has 0 aromatic heterocycles. The minimum absolute atomic E-state index is 0.0131. The number of phenolic OH excluding ortho intramolecular Hbond substituents is 1. The third kappa shape index (κ3) is 2.32. The van der Waals surface area contributed by atoms with Crippen LogP contribution < -0.4 is 0 Å². The van der Waals surface area contributed by atoms with Crippen molar-refractivity contribution in [2.45, 2.75) is 50.9 Å². The summed E-state index contributed by atoms with van der Waals surface area (Å²) in [6, 6.07) is 4.43.